The third kappa shape index (κ3) is 9.01. The van der Waals surface area contributed by atoms with Crippen molar-refractivity contribution in [2.24, 2.45) is 0 Å². The van der Waals surface area contributed by atoms with Gasteiger partial charge in [-0.05, 0) is 64.7 Å². The fourth-order valence-corrected chi connectivity index (χ4v) is 5.24. The molecule has 5 aromatic carbocycles. The molecule has 0 radical (unpaired) electrons. The number of carbonyl (C=O) groups excluding carboxylic acids is 4. The van der Waals surface area contributed by atoms with Gasteiger partial charge in [0.25, 0.3) is 11.8 Å². The number of hydrogen-bond donors (Lipinski definition) is 3. The van der Waals surface area contributed by atoms with E-state index in [0.717, 1.165) is 17.7 Å². The van der Waals surface area contributed by atoms with Gasteiger partial charge in [0.1, 0.15) is 6.04 Å². The van der Waals surface area contributed by atoms with Gasteiger partial charge in [-0.2, -0.15) is 13.2 Å². The van der Waals surface area contributed by atoms with Crippen LogP contribution in [-0.2, 0) is 22.3 Å². The molecule has 0 saturated carbocycles. The Morgan fingerprint density at radius 1 is 0.700 bits per heavy atom. The third-order valence-electron chi connectivity index (χ3n) is 7.83. The molecule has 0 aliphatic rings. The first-order valence-corrected chi connectivity index (χ1v) is 15.6. The summed E-state index contributed by atoms with van der Waals surface area (Å²) in [6.45, 7) is -0.0468. The molecular formula is C39H33F3N4O4. The third-order valence-corrected chi connectivity index (χ3v) is 7.83. The normalized spacial score (nSPS) is 11.6. The molecule has 0 aliphatic carbocycles. The summed E-state index contributed by atoms with van der Waals surface area (Å²) >= 11 is 0. The van der Waals surface area contributed by atoms with E-state index in [4.69, 9.17) is 0 Å². The second-order valence-electron chi connectivity index (χ2n) is 11.4. The molecule has 0 saturated heterocycles. The summed E-state index contributed by atoms with van der Waals surface area (Å²) in [5.41, 5.74) is 2.47. The number of hydrogen-bond acceptors (Lipinski definition) is 4. The highest BCUT2D eigenvalue weighted by molar-refractivity contribution is 6.09. The van der Waals surface area contributed by atoms with E-state index in [1.165, 1.54) is 41.3 Å². The van der Waals surface area contributed by atoms with E-state index in [1.54, 1.807) is 61.6 Å². The van der Waals surface area contributed by atoms with Crippen LogP contribution in [0.4, 0.5) is 18.9 Å². The summed E-state index contributed by atoms with van der Waals surface area (Å²) in [5.74, 6) is -1.93. The highest BCUT2D eigenvalue weighted by Crippen LogP contribution is 2.32. The van der Waals surface area contributed by atoms with E-state index < -0.39 is 42.0 Å². The van der Waals surface area contributed by atoms with Crippen LogP contribution in [0, 0.1) is 0 Å². The maximum absolute atomic E-state index is 13.4. The highest BCUT2D eigenvalue weighted by Gasteiger charge is 2.30. The molecular weight excluding hydrogens is 645 g/mol. The van der Waals surface area contributed by atoms with Gasteiger partial charge in [0, 0.05) is 30.4 Å². The number of halogens is 3. The number of alkyl halides is 3. The lowest BCUT2D eigenvalue weighted by molar-refractivity contribution is -0.137. The van der Waals surface area contributed by atoms with Crippen molar-refractivity contribution in [1.82, 2.24) is 15.5 Å². The topological polar surface area (TPSA) is 108 Å². The lowest BCUT2D eigenvalue weighted by Gasteiger charge is -2.25. The molecule has 5 rings (SSSR count). The Balaban J connectivity index is 1.18. The van der Waals surface area contributed by atoms with E-state index in [2.05, 4.69) is 16.0 Å². The number of benzene rings is 5. The lowest BCUT2D eigenvalue weighted by atomic mass is 9.98. The Morgan fingerprint density at radius 2 is 1.30 bits per heavy atom. The molecule has 0 aromatic heterocycles. The van der Waals surface area contributed by atoms with Crippen LogP contribution < -0.4 is 16.0 Å². The molecule has 8 nitrogen and oxygen atoms in total. The Hall–Kier alpha value is -6.23. The summed E-state index contributed by atoms with van der Waals surface area (Å²) < 4.78 is 39.1. The van der Waals surface area contributed by atoms with E-state index in [1.807, 2.05) is 30.3 Å². The standard InChI is InChI=1S/C39H33F3N4O4/c1-46(25-26-10-4-2-5-11-26)38(50)35(28-12-6-3-7-13-28)45-34(47)24-43-36(48)29-18-22-31(23-19-29)44-37(49)33-15-9-8-14-32(33)27-16-20-30(21-17-27)39(40,41)42/h2-23,35H,24-25H2,1H3,(H,43,48)(H,44,49)(H,45,47)/t35-/m0/s1. The van der Waals surface area contributed by atoms with Gasteiger partial charge >= 0.3 is 6.18 Å². The van der Waals surface area contributed by atoms with Crippen molar-refractivity contribution in [2.75, 3.05) is 18.9 Å². The second-order valence-corrected chi connectivity index (χ2v) is 11.4. The average molecular weight is 679 g/mol. The minimum absolute atomic E-state index is 0.222. The number of rotatable bonds is 11. The van der Waals surface area contributed by atoms with Crippen LogP contribution in [0.15, 0.2) is 133 Å². The fourth-order valence-electron chi connectivity index (χ4n) is 5.24. The zero-order valence-electron chi connectivity index (χ0n) is 26.9. The molecule has 0 unspecified atom stereocenters. The molecule has 0 fully saturated rings. The molecule has 254 valence electrons. The van der Waals surface area contributed by atoms with Gasteiger partial charge in [-0.1, -0.05) is 91.0 Å². The number of anilines is 1. The molecule has 3 N–H and O–H groups in total. The van der Waals surface area contributed by atoms with E-state index in [9.17, 15) is 32.3 Å². The van der Waals surface area contributed by atoms with Crippen LogP contribution in [0.5, 0.6) is 0 Å². The molecule has 11 heteroatoms. The van der Waals surface area contributed by atoms with E-state index >= 15 is 0 Å². The van der Waals surface area contributed by atoms with Crippen molar-refractivity contribution in [3.63, 3.8) is 0 Å². The van der Waals surface area contributed by atoms with Crippen LogP contribution in [-0.4, -0.2) is 42.1 Å². The Morgan fingerprint density at radius 3 is 1.94 bits per heavy atom. The number of likely N-dealkylation sites (N-methyl/N-ethyl adjacent to an activating group) is 1. The monoisotopic (exact) mass is 678 g/mol. The molecule has 0 spiro atoms. The van der Waals surface area contributed by atoms with Crippen LogP contribution in [0.2, 0.25) is 0 Å². The van der Waals surface area contributed by atoms with Crippen LogP contribution >= 0.6 is 0 Å². The zero-order chi connectivity index (χ0) is 35.7. The number of carbonyl (C=O) groups is 4. The van der Waals surface area contributed by atoms with Crippen molar-refractivity contribution in [2.45, 2.75) is 18.8 Å². The van der Waals surface area contributed by atoms with Crippen molar-refractivity contribution in [3.8, 4) is 11.1 Å². The molecule has 0 bridgehead atoms. The van der Waals surface area contributed by atoms with Gasteiger partial charge in [-0.15, -0.1) is 0 Å². The summed E-state index contributed by atoms with van der Waals surface area (Å²) in [6, 6.07) is 34.4. The predicted molar refractivity (Wildman–Crippen MR) is 184 cm³/mol. The number of nitrogens with one attached hydrogen (secondary N) is 3. The fraction of sp³-hybridized carbons (Fsp3) is 0.128. The summed E-state index contributed by atoms with van der Waals surface area (Å²) in [7, 11) is 1.66. The Bertz CT molecular complexity index is 1950. The first-order chi connectivity index (χ1) is 24.0. The van der Waals surface area contributed by atoms with Crippen molar-refractivity contribution in [3.05, 3.63) is 161 Å². The van der Waals surface area contributed by atoms with Gasteiger partial charge in [0.15, 0.2) is 0 Å². The van der Waals surface area contributed by atoms with Crippen molar-refractivity contribution < 1.29 is 32.3 Å². The van der Waals surface area contributed by atoms with Gasteiger partial charge in [0.05, 0.1) is 12.1 Å². The molecule has 0 heterocycles. The maximum atomic E-state index is 13.4. The number of amides is 4. The lowest BCUT2D eigenvalue weighted by Crippen LogP contribution is -2.44. The molecule has 50 heavy (non-hydrogen) atoms. The summed E-state index contributed by atoms with van der Waals surface area (Å²) in [5, 5.41) is 8.03. The minimum Gasteiger partial charge on any atom is -0.343 e. The van der Waals surface area contributed by atoms with Crippen LogP contribution in [0.1, 0.15) is 43.4 Å². The van der Waals surface area contributed by atoms with Gasteiger partial charge in [-0.3, -0.25) is 19.2 Å². The Labute approximate surface area is 286 Å². The minimum atomic E-state index is -4.48. The van der Waals surface area contributed by atoms with Gasteiger partial charge in [-0.25, -0.2) is 0 Å². The molecule has 5 aromatic rings. The van der Waals surface area contributed by atoms with Crippen molar-refractivity contribution in [1.29, 1.82) is 0 Å². The van der Waals surface area contributed by atoms with Crippen molar-refractivity contribution >= 4 is 29.3 Å². The van der Waals surface area contributed by atoms with Gasteiger partial charge in [0.2, 0.25) is 11.8 Å². The predicted octanol–water partition coefficient (Wildman–Crippen LogP) is 6.87. The first-order valence-electron chi connectivity index (χ1n) is 15.6. The first kappa shape index (κ1) is 35.1. The van der Waals surface area contributed by atoms with Gasteiger partial charge < -0.3 is 20.9 Å². The Kier molecular flexibility index (Phi) is 11.1. The SMILES string of the molecule is CN(Cc1ccccc1)C(=O)[C@@H](NC(=O)CNC(=O)c1ccc(NC(=O)c2ccccc2-c2ccc(C(F)(F)F)cc2)cc1)c1ccccc1. The largest absolute Gasteiger partial charge is 0.416 e. The number of nitrogens with zero attached hydrogens (tertiary/aromatic N) is 1. The molecule has 4 amide bonds. The maximum Gasteiger partial charge on any atom is 0.416 e. The summed E-state index contributed by atoms with van der Waals surface area (Å²) in [4.78, 5) is 53.9. The zero-order valence-corrected chi connectivity index (χ0v) is 26.9. The van der Waals surface area contributed by atoms with E-state index in [-0.39, 0.29) is 17.0 Å². The van der Waals surface area contributed by atoms with Crippen LogP contribution in [0.25, 0.3) is 11.1 Å². The molecule has 1 atom stereocenters. The quantitative estimate of drug-likeness (QED) is 0.142. The average Bonchev–Trinajstić information content (AvgIpc) is 3.13. The highest BCUT2D eigenvalue weighted by atomic mass is 19.4. The van der Waals surface area contributed by atoms with E-state index in [0.29, 0.717) is 28.9 Å². The second kappa shape index (κ2) is 15.8. The smallest absolute Gasteiger partial charge is 0.343 e. The summed E-state index contributed by atoms with van der Waals surface area (Å²) in [6.07, 6.45) is -4.48. The molecule has 0 aliphatic heterocycles. The van der Waals surface area contributed by atoms with Crippen LogP contribution in [0.3, 0.4) is 0 Å².